The van der Waals surface area contributed by atoms with Gasteiger partial charge in [-0.3, -0.25) is 0 Å². The van der Waals surface area contributed by atoms with Crippen LogP contribution < -0.4 is 0 Å². The molecule has 7 heteroatoms. The third-order valence-electron chi connectivity index (χ3n) is 7.37. The lowest BCUT2D eigenvalue weighted by molar-refractivity contribution is -0.330. The van der Waals surface area contributed by atoms with Crippen LogP contribution in [0.2, 0.25) is 0 Å². The second-order valence-electron chi connectivity index (χ2n) is 9.82. The Bertz CT molecular complexity index is 577. The van der Waals surface area contributed by atoms with E-state index in [1.165, 1.54) is 0 Å². The zero-order valence-electron chi connectivity index (χ0n) is 17.1. The molecule has 0 radical (unpaired) electrons. The maximum absolute atomic E-state index is 10.3. The lowest BCUT2D eigenvalue weighted by Gasteiger charge is -2.53. The summed E-state index contributed by atoms with van der Waals surface area (Å²) in [5.41, 5.74) is 0.491. The Morgan fingerprint density at radius 3 is 2.50 bits per heavy atom. The molecule has 9 atom stereocenters. The maximum atomic E-state index is 10.3. The Labute approximate surface area is 167 Å². The molecule has 0 spiro atoms. The summed E-state index contributed by atoms with van der Waals surface area (Å²) >= 11 is 0. The van der Waals surface area contributed by atoms with Crippen LogP contribution in [0.25, 0.3) is 0 Å². The Hall–Kier alpha value is -0.540. The van der Waals surface area contributed by atoms with Gasteiger partial charge in [0.1, 0.15) is 24.4 Å². The summed E-state index contributed by atoms with van der Waals surface area (Å²) < 4.78 is 11.7. The van der Waals surface area contributed by atoms with E-state index < -0.39 is 42.9 Å². The molecule has 3 rings (SSSR count). The van der Waals surface area contributed by atoms with Crippen LogP contribution in [0.3, 0.4) is 0 Å². The van der Waals surface area contributed by atoms with Gasteiger partial charge in [-0.05, 0) is 63.2 Å². The van der Waals surface area contributed by atoms with Crippen molar-refractivity contribution in [1.82, 2.24) is 0 Å². The first kappa shape index (κ1) is 22.2. The highest BCUT2D eigenvalue weighted by Crippen LogP contribution is 2.55. The van der Waals surface area contributed by atoms with Gasteiger partial charge in [-0.15, -0.1) is 0 Å². The van der Waals surface area contributed by atoms with Crippen LogP contribution in [0.5, 0.6) is 0 Å². The lowest BCUT2D eigenvalue weighted by atomic mass is 9.55. The van der Waals surface area contributed by atoms with Gasteiger partial charge in [0.2, 0.25) is 0 Å². The van der Waals surface area contributed by atoms with Crippen LogP contribution in [0.4, 0.5) is 0 Å². The molecule has 2 aliphatic carbocycles. The van der Waals surface area contributed by atoms with Crippen LogP contribution >= 0.6 is 0 Å². The van der Waals surface area contributed by atoms with Gasteiger partial charge in [0.25, 0.3) is 0 Å². The van der Waals surface area contributed by atoms with Crippen molar-refractivity contribution in [3.63, 3.8) is 0 Å². The number of ether oxygens (including phenoxy) is 2. The summed E-state index contributed by atoms with van der Waals surface area (Å²) in [6.45, 7) is 9.87. The first-order valence-corrected chi connectivity index (χ1v) is 10.3. The average molecular weight is 401 g/mol. The molecular weight excluding hydrogens is 364 g/mol. The molecule has 1 aliphatic heterocycles. The van der Waals surface area contributed by atoms with E-state index in [1.54, 1.807) is 0 Å². The minimum atomic E-state index is -1.44. The molecule has 28 heavy (non-hydrogen) atoms. The first-order chi connectivity index (χ1) is 13.0. The zero-order valence-corrected chi connectivity index (χ0v) is 17.1. The molecule has 7 nitrogen and oxygen atoms in total. The third-order valence-corrected chi connectivity index (χ3v) is 7.37. The zero-order chi connectivity index (χ0) is 20.9. The Morgan fingerprint density at radius 1 is 1.18 bits per heavy atom. The molecule has 0 aromatic heterocycles. The minimum Gasteiger partial charge on any atom is -0.394 e. The highest BCUT2D eigenvalue weighted by Gasteiger charge is 2.51. The first-order valence-electron chi connectivity index (χ1n) is 10.3. The van der Waals surface area contributed by atoms with Gasteiger partial charge < -0.3 is 35.0 Å². The number of aliphatic hydroxyl groups excluding tert-OH is 5. The summed E-state index contributed by atoms with van der Waals surface area (Å²) in [6.07, 6.45) is -2.48. The van der Waals surface area contributed by atoms with Gasteiger partial charge in [-0.1, -0.05) is 19.1 Å². The summed E-state index contributed by atoms with van der Waals surface area (Å²) in [7, 11) is 0. The molecule has 9 unspecified atom stereocenters. The van der Waals surface area contributed by atoms with Gasteiger partial charge in [0.15, 0.2) is 6.29 Å². The van der Waals surface area contributed by atoms with E-state index >= 15 is 0 Å². The molecular formula is C21H36O7. The van der Waals surface area contributed by atoms with Crippen LogP contribution in [0.1, 0.15) is 52.9 Å². The van der Waals surface area contributed by atoms with Crippen molar-refractivity contribution in [1.29, 1.82) is 0 Å². The predicted molar refractivity (Wildman–Crippen MR) is 102 cm³/mol. The fraction of sp³-hybridized carbons (Fsp3) is 0.905. The summed E-state index contributed by atoms with van der Waals surface area (Å²) in [5, 5.41) is 49.8. The van der Waals surface area contributed by atoms with Gasteiger partial charge in [-0.25, -0.2) is 0 Å². The predicted octanol–water partition coefficient (Wildman–Crippen LogP) is 0.715. The number of aliphatic hydroxyl groups is 5. The van der Waals surface area contributed by atoms with Crippen molar-refractivity contribution in [2.75, 3.05) is 6.61 Å². The van der Waals surface area contributed by atoms with Crippen molar-refractivity contribution in [2.24, 2.45) is 17.3 Å². The Balaban J connectivity index is 1.70. The molecule has 0 aromatic carbocycles. The van der Waals surface area contributed by atoms with Crippen LogP contribution in [0.15, 0.2) is 12.2 Å². The molecule has 1 heterocycles. The van der Waals surface area contributed by atoms with E-state index in [1.807, 2.05) is 13.8 Å². The van der Waals surface area contributed by atoms with Crippen LogP contribution in [-0.2, 0) is 9.47 Å². The Morgan fingerprint density at radius 2 is 1.86 bits per heavy atom. The van der Waals surface area contributed by atoms with E-state index in [-0.39, 0.29) is 17.4 Å². The largest absolute Gasteiger partial charge is 0.394 e. The molecule has 2 saturated carbocycles. The summed E-state index contributed by atoms with van der Waals surface area (Å²) in [6, 6.07) is 0. The van der Waals surface area contributed by atoms with Gasteiger partial charge in [0.05, 0.1) is 18.3 Å². The van der Waals surface area contributed by atoms with E-state index in [9.17, 15) is 25.5 Å². The SMILES string of the molecule is C=C1CC(O)CC2(C)CCC(C(C)(C)OC3OC(CO)C(O)C(O)C3O)CC12. The van der Waals surface area contributed by atoms with Gasteiger partial charge >= 0.3 is 0 Å². The maximum Gasteiger partial charge on any atom is 0.187 e. The molecule has 0 bridgehead atoms. The van der Waals surface area contributed by atoms with Crippen LogP contribution in [0, 0.1) is 17.3 Å². The summed E-state index contributed by atoms with van der Waals surface area (Å²) in [4.78, 5) is 0. The molecule has 0 aromatic rings. The van der Waals surface area contributed by atoms with E-state index in [0.29, 0.717) is 12.3 Å². The third kappa shape index (κ3) is 4.03. The lowest BCUT2D eigenvalue weighted by Crippen LogP contribution is -2.61. The minimum absolute atomic E-state index is 0.0461. The monoisotopic (exact) mass is 400 g/mol. The number of hydrogen-bond acceptors (Lipinski definition) is 7. The van der Waals surface area contributed by atoms with E-state index in [0.717, 1.165) is 31.3 Å². The van der Waals surface area contributed by atoms with Crippen molar-refractivity contribution in [3.05, 3.63) is 12.2 Å². The number of rotatable bonds is 4. The molecule has 1 saturated heterocycles. The average Bonchev–Trinajstić information content (AvgIpc) is 2.61. The topological polar surface area (TPSA) is 120 Å². The Kier molecular flexibility index (Phi) is 6.29. The standard InChI is InChI=1S/C21H36O7/c1-11-7-13(23)9-21(4)6-5-12(8-14(11)21)20(2,3)28-19-18(26)17(25)16(24)15(10-22)27-19/h12-19,22-26H,1,5-10H2,2-4H3. The highest BCUT2D eigenvalue weighted by molar-refractivity contribution is 5.15. The molecule has 162 valence electrons. The van der Waals surface area contributed by atoms with Crippen molar-refractivity contribution < 1.29 is 35.0 Å². The fourth-order valence-corrected chi connectivity index (χ4v) is 5.52. The van der Waals surface area contributed by atoms with Crippen molar-refractivity contribution >= 4 is 0 Å². The smallest absolute Gasteiger partial charge is 0.187 e. The van der Waals surface area contributed by atoms with Gasteiger partial charge in [0, 0.05) is 0 Å². The molecule has 3 fully saturated rings. The van der Waals surface area contributed by atoms with E-state index in [4.69, 9.17) is 9.47 Å². The second-order valence-corrected chi connectivity index (χ2v) is 9.82. The number of fused-ring (bicyclic) bond motifs is 1. The molecule has 3 aliphatic rings. The fourth-order valence-electron chi connectivity index (χ4n) is 5.52. The quantitative estimate of drug-likeness (QED) is 0.441. The normalized spacial score (nSPS) is 47.6. The van der Waals surface area contributed by atoms with Crippen LogP contribution in [-0.4, -0.2) is 74.6 Å². The van der Waals surface area contributed by atoms with Gasteiger partial charge in [-0.2, -0.15) is 0 Å². The molecule has 5 N–H and O–H groups in total. The van der Waals surface area contributed by atoms with E-state index in [2.05, 4.69) is 13.5 Å². The second kappa shape index (κ2) is 7.95. The van der Waals surface area contributed by atoms with Crippen molar-refractivity contribution in [2.45, 2.75) is 95.3 Å². The molecule has 0 amide bonds. The highest BCUT2D eigenvalue weighted by atomic mass is 16.7. The summed E-state index contributed by atoms with van der Waals surface area (Å²) in [5.74, 6) is 0.497. The number of hydrogen-bond donors (Lipinski definition) is 5. The van der Waals surface area contributed by atoms with Crippen molar-refractivity contribution in [3.8, 4) is 0 Å².